The average molecular weight is 228 g/mol. The van der Waals surface area contributed by atoms with Crippen LogP contribution >= 0.6 is 0 Å². The van der Waals surface area contributed by atoms with E-state index in [1.165, 1.54) is 0 Å². The van der Waals surface area contributed by atoms with Gasteiger partial charge in [-0.25, -0.2) is 4.98 Å². The molecule has 0 aliphatic heterocycles. The molecule has 17 heavy (non-hydrogen) atoms. The minimum Gasteiger partial charge on any atom is -0.326 e. The fraction of sp³-hybridized carbons (Fsp3) is 0.385. The number of hydrogen-bond donors (Lipinski definition) is 0. The molecule has 1 aromatic heterocycles. The summed E-state index contributed by atoms with van der Waals surface area (Å²) in [6.07, 6.45) is 0.363. The number of fused-ring (bicyclic) bond motifs is 1. The van der Waals surface area contributed by atoms with Gasteiger partial charge in [0.25, 0.3) is 0 Å². The maximum absolute atomic E-state index is 8.83. The van der Waals surface area contributed by atoms with Crippen LogP contribution in [0.5, 0.6) is 0 Å². The van der Waals surface area contributed by atoms with Crippen molar-refractivity contribution in [1.29, 1.82) is 5.26 Å². The SMILES string of the molecule is CN(C)CCn1c(CC#N)nc2ccccc21. The lowest BCUT2D eigenvalue weighted by molar-refractivity contribution is 0.384. The molecule has 1 heterocycles. The largest absolute Gasteiger partial charge is 0.326 e. The van der Waals surface area contributed by atoms with Gasteiger partial charge in [0.05, 0.1) is 23.5 Å². The van der Waals surface area contributed by atoms with E-state index in [1.54, 1.807) is 0 Å². The molecule has 0 spiro atoms. The zero-order chi connectivity index (χ0) is 12.3. The summed E-state index contributed by atoms with van der Waals surface area (Å²) in [5, 5.41) is 8.83. The highest BCUT2D eigenvalue weighted by Crippen LogP contribution is 2.16. The van der Waals surface area contributed by atoms with Crippen molar-refractivity contribution in [3.63, 3.8) is 0 Å². The van der Waals surface area contributed by atoms with E-state index < -0.39 is 0 Å². The van der Waals surface area contributed by atoms with Gasteiger partial charge in [-0.05, 0) is 26.2 Å². The minimum absolute atomic E-state index is 0.363. The first kappa shape index (κ1) is 11.6. The van der Waals surface area contributed by atoms with Crippen LogP contribution in [0.4, 0.5) is 0 Å². The number of nitriles is 1. The minimum atomic E-state index is 0.363. The van der Waals surface area contributed by atoms with Gasteiger partial charge in [0.15, 0.2) is 0 Å². The molecule has 0 radical (unpaired) electrons. The van der Waals surface area contributed by atoms with Crippen molar-refractivity contribution in [2.45, 2.75) is 13.0 Å². The lowest BCUT2D eigenvalue weighted by Gasteiger charge is -2.12. The van der Waals surface area contributed by atoms with E-state index in [0.717, 1.165) is 29.9 Å². The molecule has 0 saturated carbocycles. The second kappa shape index (κ2) is 4.98. The van der Waals surface area contributed by atoms with E-state index in [-0.39, 0.29) is 0 Å². The van der Waals surface area contributed by atoms with Gasteiger partial charge >= 0.3 is 0 Å². The van der Waals surface area contributed by atoms with E-state index >= 15 is 0 Å². The molecule has 88 valence electrons. The van der Waals surface area contributed by atoms with Crippen LogP contribution in [0.1, 0.15) is 5.82 Å². The van der Waals surface area contributed by atoms with Crippen molar-refractivity contribution < 1.29 is 0 Å². The summed E-state index contributed by atoms with van der Waals surface area (Å²) in [6, 6.07) is 10.2. The third-order valence-corrected chi connectivity index (χ3v) is 2.74. The third-order valence-electron chi connectivity index (χ3n) is 2.74. The summed E-state index contributed by atoms with van der Waals surface area (Å²) >= 11 is 0. The van der Waals surface area contributed by atoms with Crippen LogP contribution in [0.3, 0.4) is 0 Å². The first-order valence-electron chi connectivity index (χ1n) is 5.68. The molecule has 0 atom stereocenters. The second-order valence-electron chi connectivity index (χ2n) is 4.31. The Kier molecular flexibility index (Phi) is 3.40. The Labute approximate surface area is 101 Å². The molecule has 4 nitrogen and oxygen atoms in total. The van der Waals surface area contributed by atoms with Crippen molar-refractivity contribution in [2.75, 3.05) is 20.6 Å². The summed E-state index contributed by atoms with van der Waals surface area (Å²) in [4.78, 5) is 6.63. The van der Waals surface area contributed by atoms with Crippen LogP contribution in [0.15, 0.2) is 24.3 Å². The van der Waals surface area contributed by atoms with E-state index in [1.807, 2.05) is 32.3 Å². The Morgan fingerprint density at radius 3 is 2.82 bits per heavy atom. The average Bonchev–Trinajstić information content (AvgIpc) is 2.64. The molecule has 0 amide bonds. The number of para-hydroxylation sites is 2. The fourth-order valence-electron chi connectivity index (χ4n) is 1.88. The molecular weight excluding hydrogens is 212 g/mol. The predicted molar refractivity (Wildman–Crippen MR) is 67.6 cm³/mol. The Morgan fingerprint density at radius 2 is 2.12 bits per heavy atom. The molecule has 0 fully saturated rings. The van der Waals surface area contributed by atoms with Crippen molar-refractivity contribution in [3.8, 4) is 6.07 Å². The molecule has 0 N–H and O–H groups in total. The zero-order valence-electron chi connectivity index (χ0n) is 10.2. The van der Waals surface area contributed by atoms with Gasteiger partial charge in [-0.2, -0.15) is 5.26 Å². The number of likely N-dealkylation sites (N-methyl/N-ethyl adjacent to an activating group) is 1. The Bertz CT molecular complexity index is 548. The Morgan fingerprint density at radius 1 is 1.35 bits per heavy atom. The number of rotatable bonds is 4. The Balaban J connectivity index is 2.41. The monoisotopic (exact) mass is 228 g/mol. The molecule has 2 aromatic rings. The molecule has 2 rings (SSSR count). The van der Waals surface area contributed by atoms with Gasteiger partial charge in [0, 0.05) is 13.1 Å². The lowest BCUT2D eigenvalue weighted by atomic mass is 10.3. The number of aromatic nitrogens is 2. The number of imidazole rings is 1. The first-order chi connectivity index (χ1) is 8.22. The van der Waals surface area contributed by atoms with Crippen molar-refractivity contribution in [1.82, 2.24) is 14.5 Å². The molecule has 0 aliphatic carbocycles. The summed E-state index contributed by atoms with van der Waals surface area (Å²) in [5.74, 6) is 0.857. The molecule has 0 saturated heterocycles. The van der Waals surface area contributed by atoms with Gasteiger partial charge < -0.3 is 9.47 Å². The third kappa shape index (κ3) is 2.45. The van der Waals surface area contributed by atoms with E-state index in [9.17, 15) is 0 Å². The van der Waals surface area contributed by atoms with Crippen LogP contribution in [-0.2, 0) is 13.0 Å². The molecule has 1 aromatic carbocycles. The number of nitrogens with zero attached hydrogens (tertiary/aromatic N) is 4. The fourth-order valence-corrected chi connectivity index (χ4v) is 1.88. The summed E-state index contributed by atoms with van der Waals surface area (Å²) in [6.45, 7) is 1.81. The Hall–Kier alpha value is -1.86. The number of hydrogen-bond acceptors (Lipinski definition) is 3. The van der Waals surface area contributed by atoms with Gasteiger partial charge in [-0.15, -0.1) is 0 Å². The van der Waals surface area contributed by atoms with Crippen LogP contribution in [0.2, 0.25) is 0 Å². The van der Waals surface area contributed by atoms with Crippen molar-refractivity contribution in [2.24, 2.45) is 0 Å². The number of benzene rings is 1. The summed E-state index contributed by atoms with van der Waals surface area (Å²) in [5.41, 5.74) is 2.08. The van der Waals surface area contributed by atoms with E-state index in [4.69, 9.17) is 5.26 Å². The van der Waals surface area contributed by atoms with Gasteiger partial charge in [0.2, 0.25) is 0 Å². The van der Waals surface area contributed by atoms with Crippen molar-refractivity contribution >= 4 is 11.0 Å². The highest BCUT2D eigenvalue weighted by atomic mass is 15.1. The maximum Gasteiger partial charge on any atom is 0.124 e. The lowest BCUT2D eigenvalue weighted by Crippen LogP contribution is -2.19. The maximum atomic E-state index is 8.83. The highest BCUT2D eigenvalue weighted by Gasteiger charge is 2.09. The zero-order valence-corrected chi connectivity index (χ0v) is 10.2. The van der Waals surface area contributed by atoms with Crippen LogP contribution < -0.4 is 0 Å². The summed E-state index contributed by atoms with van der Waals surface area (Å²) < 4.78 is 2.14. The first-order valence-corrected chi connectivity index (χ1v) is 5.68. The van der Waals surface area contributed by atoms with Crippen LogP contribution in [0, 0.1) is 11.3 Å². The predicted octanol–water partition coefficient (Wildman–Crippen LogP) is 1.66. The van der Waals surface area contributed by atoms with E-state index in [0.29, 0.717) is 6.42 Å². The van der Waals surface area contributed by atoms with Crippen molar-refractivity contribution in [3.05, 3.63) is 30.1 Å². The summed E-state index contributed by atoms with van der Waals surface area (Å²) in [7, 11) is 4.09. The second-order valence-corrected chi connectivity index (χ2v) is 4.31. The van der Waals surface area contributed by atoms with Crippen LogP contribution in [-0.4, -0.2) is 35.1 Å². The topological polar surface area (TPSA) is 44.9 Å². The normalized spacial score (nSPS) is 10.9. The van der Waals surface area contributed by atoms with E-state index in [2.05, 4.69) is 26.6 Å². The standard InChI is InChI=1S/C13H16N4/c1-16(2)9-10-17-12-6-4-3-5-11(12)15-13(17)7-8-14/h3-6H,7,9-10H2,1-2H3. The quantitative estimate of drug-likeness (QED) is 0.799. The smallest absolute Gasteiger partial charge is 0.124 e. The molecular formula is C13H16N4. The molecule has 0 bridgehead atoms. The van der Waals surface area contributed by atoms with Gasteiger partial charge in [-0.3, -0.25) is 0 Å². The van der Waals surface area contributed by atoms with Gasteiger partial charge in [-0.1, -0.05) is 12.1 Å². The molecule has 0 aliphatic rings. The van der Waals surface area contributed by atoms with Gasteiger partial charge in [0.1, 0.15) is 5.82 Å². The molecule has 4 heteroatoms. The van der Waals surface area contributed by atoms with Crippen LogP contribution in [0.25, 0.3) is 11.0 Å². The highest BCUT2D eigenvalue weighted by molar-refractivity contribution is 5.75. The molecule has 0 unspecified atom stereocenters.